The van der Waals surface area contributed by atoms with Crippen molar-refractivity contribution in [3.63, 3.8) is 0 Å². The molecule has 0 heterocycles. The monoisotopic (exact) mass is 176 g/mol. The fourth-order valence-corrected chi connectivity index (χ4v) is 1.39. The first-order chi connectivity index (χ1) is 5.46. The Morgan fingerprint density at radius 1 is 1.33 bits per heavy atom. The van der Waals surface area contributed by atoms with Crippen LogP contribution in [0.4, 0.5) is 0 Å². The number of hydrogen-bond donors (Lipinski definition) is 3. The minimum Gasteiger partial charge on any atom is -0.393 e. The summed E-state index contributed by atoms with van der Waals surface area (Å²) in [6, 6.07) is 0. The summed E-state index contributed by atoms with van der Waals surface area (Å²) in [5.74, 6) is 0.267. The Morgan fingerprint density at radius 3 is 2.08 bits per heavy atom. The molecule has 0 aromatic rings. The lowest BCUT2D eigenvalue weighted by atomic mass is 9.87. The maximum atomic E-state index is 9.76. The van der Waals surface area contributed by atoms with E-state index < -0.39 is 11.7 Å². The zero-order valence-electron chi connectivity index (χ0n) is 8.12. The number of rotatable bonds is 5. The molecule has 3 nitrogen and oxygen atoms in total. The molecule has 0 aromatic heterocycles. The molecule has 0 aliphatic rings. The van der Waals surface area contributed by atoms with Crippen LogP contribution in [0.15, 0.2) is 0 Å². The van der Waals surface area contributed by atoms with Gasteiger partial charge in [0.1, 0.15) is 5.60 Å². The van der Waals surface area contributed by atoms with E-state index in [0.717, 1.165) is 0 Å². The summed E-state index contributed by atoms with van der Waals surface area (Å²) in [6.07, 6.45) is 0.0624. The highest BCUT2D eigenvalue weighted by molar-refractivity contribution is 4.85. The summed E-state index contributed by atoms with van der Waals surface area (Å²) in [7, 11) is 0. The van der Waals surface area contributed by atoms with Gasteiger partial charge in [0.15, 0.2) is 0 Å². The van der Waals surface area contributed by atoms with Crippen molar-refractivity contribution in [1.29, 1.82) is 0 Å². The zero-order valence-corrected chi connectivity index (χ0v) is 8.12. The molecule has 0 aliphatic heterocycles. The van der Waals surface area contributed by atoms with Crippen molar-refractivity contribution in [1.82, 2.24) is 0 Å². The lowest BCUT2D eigenvalue weighted by Crippen LogP contribution is -2.46. The van der Waals surface area contributed by atoms with Crippen molar-refractivity contribution in [2.75, 3.05) is 6.61 Å². The quantitative estimate of drug-likeness (QED) is 0.572. The van der Waals surface area contributed by atoms with Gasteiger partial charge in [-0.15, -0.1) is 0 Å². The number of hydrogen-bond acceptors (Lipinski definition) is 3. The molecule has 0 amide bonds. The smallest absolute Gasteiger partial charge is 0.114 e. The molecular weight excluding hydrogens is 156 g/mol. The van der Waals surface area contributed by atoms with Crippen LogP contribution < -0.4 is 0 Å². The summed E-state index contributed by atoms with van der Waals surface area (Å²) in [6.45, 7) is 5.30. The first kappa shape index (κ1) is 11.9. The molecule has 0 spiro atoms. The maximum Gasteiger partial charge on any atom is 0.114 e. The van der Waals surface area contributed by atoms with Crippen LogP contribution in [-0.4, -0.2) is 33.6 Å². The molecule has 0 fully saturated rings. The standard InChI is InChI=1S/C9H20O3/c1-4-8(11)9(12,6-10)5-7(2)3/h7-8,10-12H,4-6H2,1-3H3. The van der Waals surface area contributed by atoms with Crippen LogP contribution >= 0.6 is 0 Å². The van der Waals surface area contributed by atoms with E-state index in [1.54, 1.807) is 6.92 Å². The van der Waals surface area contributed by atoms with Crippen molar-refractivity contribution in [2.45, 2.75) is 45.3 Å². The molecule has 74 valence electrons. The Labute approximate surface area is 74.0 Å². The van der Waals surface area contributed by atoms with Gasteiger partial charge in [0, 0.05) is 0 Å². The molecule has 2 atom stereocenters. The van der Waals surface area contributed by atoms with Gasteiger partial charge >= 0.3 is 0 Å². The van der Waals surface area contributed by atoms with Gasteiger partial charge < -0.3 is 15.3 Å². The fraction of sp³-hybridized carbons (Fsp3) is 1.00. The Hall–Kier alpha value is -0.120. The van der Waals surface area contributed by atoms with E-state index in [1.165, 1.54) is 0 Å². The van der Waals surface area contributed by atoms with Crippen LogP contribution in [0, 0.1) is 5.92 Å². The van der Waals surface area contributed by atoms with Crippen molar-refractivity contribution < 1.29 is 15.3 Å². The summed E-state index contributed by atoms with van der Waals surface area (Å²) in [4.78, 5) is 0. The second kappa shape index (κ2) is 4.80. The third-order valence-electron chi connectivity index (χ3n) is 2.04. The zero-order chi connectivity index (χ0) is 9.78. The molecule has 0 saturated carbocycles. The summed E-state index contributed by atoms with van der Waals surface area (Å²) in [5, 5.41) is 28.1. The van der Waals surface area contributed by atoms with Crippen molar-refractivity contribution in [2.24, 2.45) is 5.92 Å². The van der Waals surface area contributed by atoms with E-state index in [1.807, 2.05) is 13.8 Å². The Kier molecular flexibility index (Phi) is 4.75. The van der Waals surface area contributed by atoms with Gasteiger partial charge in [0.05, 0.1) is 12.7 Å². The highest BCUT2D eigenvalue weighted by Crippen LogP contribution is 2.22. The largest absolute Gasteiger partial charge is 0.393 e. The molecule has 3 heteroatoms. The second-order valence-corrected chi connectivity index (χ2v) is 3.78. The Bertz CT molecular complexity index is 125. The van der Waals surface area contributed by atoms with Crippen molar-refractivity contribution >= 4 is 0 Å². The third-order valence-corrected chi connectivity index (χ3v) is 2.04. The minimum absolute atomic E-state index is 0.267. The molecule has 0 saturated heterocycles. The van der Waals surface area contributed by atoms with Gasteiger partial charge in [-0.3, -0.25) is 0 Å². The Balaban J connectivity index is 4.22. The molecule has 0 aromatic carbocycles. The lowest BCUT2D eigenvalue weighted by molar-refractivity contribution is -0.116. The molecule has 3 N–H and O–H groups in total. The van der Waals surface area contributed by atoms with Crippen LogP contribution in [0.2, 0.25) is 0 Å². The van der Waals surface area contributed by atoms with E-state index in [0.29, 0.717) is 12.8 Å². The second-order valence-electron chi connectivity index (χ2n) is 3.78. The van der Waals surface area contributed by atoms with Crippen LogP contribution in [0.3, 0.4) is 0 Å². The molecule has 2 unspecified atom stereocenters. The van der Waals surface area contributed by atoms with Gasteiger partial charge in [-0.1, -0.05) is 20.8 Å². The van der Waals surface area contributed by atoms with Gasteiger partial charge in [-0.25, -0.2) is 0 Å². The van der Waals surface area contributed by atoms with E-state index in [4.69, 9.17) is 5.11 Å². The van der Waals surface area contributed by atoms with Crippen LogP contribution in [-0.2, 0) is 0 Å². The van der Waals surface area contributed by atoms with Crippen LogP contribution in [0.1, 0.15) is 33.6 Å². The molecule has 0 rings (SSSR count). The van der Waals surface area contributed by atoms with Crippen LogP contribution in [0.5, 0.6) is 0 Å². The first-order valence-corrected chi connectivity index (χ1v) is 4.47. The SMILES string of the molecule is CCC(O)C(O)(CO)CC(C)C. The van der Waals surface area contributed by atoms with Gasteiger partial charge in [0.25, 0.3) is 0 Å². The van der Waals surface area contributed by atoms with E-state index >= 15 is 0 Å². The summed E-state index contributed by atoms with van der Waals surface area (Å²) < 4.78 is 0. The van der Waals surface area contributed by atoms with Crippen LogP contribution in [0.25, 0.3) is 0 Å². The lowest BCUT2D eigenvalue weighted by Gasteiger charge is -2.32. The summed E-state index contributed by atoms with van der Waals surface area (Å²) >= 11 is 0. The number of aliphatic hydroxyl groups is 3. The Morgan fingerprint density at radius 2 is 1.83 bits per heavy atom. The molecule has 0 radical (unpaired) electrons. The summed E-state index contributed by atoms with van der Waals surface area (Å²) in [5.41, 5.74) is -1.32. The third kappa shape index (κ3) is 3.09. The van der Waals surface area contributed by atoms with Crippen molar-refractivity contribution in [3.05, 3.63) is 0 Å². The fourth-order valence-electron chi connectivity index (χ4n) is 1.39. The highest BCUT2D eigenvalue weighted by Gasteiger charge is 2.34. The topological polar surface area (TPSA) is 60.7 Å². The average Bonchev–Trinajstić information content (AvgIpc) is 2.01. The predicted molar refractivity (Wildman–Crippen MR) is 47.8 cm³/mol. The maximum absolute atomic E-state index is 9.76. The number of aliphatic hydroxyl groups excluding tert-OH is 2. The highest BCUT2D eigenvalue weighted by atomic mass is 16.4. The van der Waals surface area contributed by atoms with Gasteiger partial charge in [-0.2, -0.15) is 0 Å². The van der Waals surface area contributed by atoms with Gasteiger partial charge in [-0.05, 0) is 18.8 Å². The molecule has 0 bridgehead atoms. The van der Waals surface area contributed by atoms with Crippen molar-refractivity contribution in [3.8, 4) is 0 Å². The van der Waals surface area contributed by atoms with Gasteiger partial charge in [0.2, 0.25) is 0 Å². The first-order valence-electron chi connectivity index (χ1n) is 4.47. The van der Waals surface area contributed by atoms with E-state index in [2.05, 4.69) is 0 Å². The average molecular weight is 176 g/mol. The molecular formula is C9H20O3. The molecule has 0 aliphatic carbocycles. The van der Waals surface area contributed by atoms with E-state index in [9.17, 15) is 10.2 Å². The molecule has 12 heavy (non-hydrogen) atoms. The minimum atomic E-state index is -1.32. The predicted octanol–water partition coefficient (Wildman–Crippen LogP) is 0.527. The normalized spacial score (nSPS) is 19.2. The van der Waals surface area contributed by atoms with E-state index in [-0.39, 0.29) is 12.5 Å².